The van der Waals surface area contributed by atoms with Crippen molar-refractivity contribution in [1.82, 2.24) is 9.78 Å². The minimum Gasteiger partial charge on any atom is -0.236 e. The van der Waals surface area contributed by atoms with E-state index in [4.69, 9.17) is 5.26 Å². The van der Waals surface area contributed by atoms with Crippen LogP contribution in [0, 0.1) is 11.3 Å². The molecular weight excluding hydrogens is 291 g/mol. The maximum absolute atomic E-state index is 12.6. The van der Waals surface area contributed by atoms with Crippen molar-refractivity contribution < 1.29 is 13.2 Å². The number of aromatic nitrogens is 2. The molecule has 2 aromatic carbocycles. The number of benzene rings is 2. The van der Waals surface area contributed by atoms with Crippen molar-refractivity contribution in [3.05, 3.63) is 59.8 Å². The average molecular weight is 301 g/mol. The zero-order valence-corrected chi connectivity index (χ0v) is 11.3. The molecular formula is C16H10F3N3. The van der Waals surface area contributed by atoms with Gasteiger partial charge in [-0.3, -0.25) is 0 Å². The number of fused-ring (bicyclic) bond motifs is 1. The highest BCUT2D eigenvalue weighted by molar-refractivity contribution is 5.82. The third-order valence-corrected chi connectivity index (χ3v) is 3.36. The largest absolute Gasteiger partial charge is 0.416 e. The van der Waals surface area contributed by atoms with Gasteiger partial charge in [0.2, 0.25) is 0 Å². The summed E-state index contributed by atoms with van der Waals surface area (Å²) in [5.74, 6) is 0. The monoisotopic (exact) mass is 301 g/mol. The Morgan fingerprint density at radius 2 is 1.73 bits per heavy atom. The quantitative estimate of drug-likeness (QED) is 0.714. The Morgan fingerprint density at radius 3 is 2.36 bits per heavy atom. The Bertz CT molecular complexity index is 855. The van der Waals surface area contributed by atoms with Crippen molar-refractivity contribution in [2.45, 2.75) is 12.6 Å². The molecule has 0 fully saturated rings. The van der Waals surface area contributed by atoms with Crippen molar-refractivity contribution in [3.63, 3.8) is 0 Å². The zero-order valence-electron chi connectivity index (χ0n) is 11.3. The molecule has 0 unspecified atom stereocenters. The molecule has 0 atom stereocenters. The summed E-state index contributed by atoms with van der Waals surface area (Å²) < 4.78 is 39.4. The Balaban J connectivity index is 2.13. The van der Waals surface area contributed by atoms with Crippen molar-refractivity contribution in [2.24, 2.45) is 0 Å². The smallest absolute Gasteiger partial charge is 0.236 e. The van der Waals surface area contributed by atoms with Crippen LogP contribution in [0.3, 0.4) is 0 Å². The van der Waals surface area contributed by atoms with Gasteiger partial charge in [-0.15, -0.1) is 0 Å². The van der Waals surface area contributed by atoms with Gasteiger partial charge in [0.05, 0.1) is 35.0 Å². The second-order valence-corrected chi connectivity index (χ2v) is 4.76. The Morgan fingerprint density at radius 1 is 1.05 bits per heavy atom. The summed E-state index contributed by atoms with van der Waals surface area (Å²) in [5.41, 5.74) is 1.15. The lowest BCUT2D eigenvalue weighted by Crippen LogP contribution is -2.06. The standard InChI is InChI=1S/C16H10F3N3/c17-16(18,19)11-5-7-12(8-6-11)22-15(9-10-20)13-3-1-2-4-14(13)21-22/h1-8H,9H2. The fourth-order valence-corrected chi connectivity index (χ4v) is 2.34. The number of nitriles is 1. The molecule has 3 nitrogen and oxygen atoms in total. The molecule has 110 valence electrons. The second-order valence-electron chi connectivity index (χ2n) is 4.76. The van der Waals surface area contributed by atoms with Crippen LogP contribution >= 0.6 is 0 Å². The minimum absolute atomic E-state index is 0.127. The summed E-state index contributed by atoms with van der Waals surface area (Å²) in [5, 5.41) is 14.2. The summed E-state index contributed by atoms with van der Waals surface area (Å²) in [6.45, 7) is 0. The van der Waals surface area contributed by atoms with Crippen molar-refractivity contribution in [1.29, 1.82) is 5.26 Å². The fourth-order valence-electron chi connectivity index (χ4n) is 2.34. The van der Waals surface area contributed by atoms with Crippen molar-refractivity contribution in [3.8, 4) is 11.8 Å². The Hall–Kier alpha value is -2.81. The minimum atomic E-state index is -4.37. The highest BCUT2D eigenvalue weighted by Crippen LogP contribution is 2.30. The van der Waals surface area contributed by atoms with Crippen LogP contribution in [0.4, 0.5) is 13.2 Å². The number of rotatable bonds is 2. The van der Waals surface area contributed by atoms with Crippen molar-refractivity contribution >= 4 is 10.9 Å². The van der Waals surface area contributed by atoms with Gasteiger partial charge in [-0.25, -0.2) is 4.68 Å². The van der Waals surface area contributed by atoms with Gasteiger partial charge in [0.25, 0.3) is 0 Å². The van der Waals surface area contributed by atoms with Crippen molar-refractivity contribution in [2.75, 3.05) is 0 Å². The van der Waals surface area contributed by atoms with E-state index in [0.717, 1.165) is 17.5 Å². The van der Waals surface area contributed by atoms with E-state index in [0.29, 0.717) is 16.9 Å². The number of halogens is 3. The number of alkyl halides is 3. The van der Waals surface area contributed by atoms with Crippen LogP contribution in [0.15, 0.2) is 48.5 Å². The van der Waals surface area contributed by atoms with E-state index in [2.05, 4.69) is 11.2 Å². The summed E-state index contributed by atoms with van der Waals surface area (Å²) in [7, 11) is 0. The molecule has 0 aliphatic rings. The molecule has 6 heteroatoms. The molecule has 0 radical (unpaired) electrons. The van der Waals surface area contributed by atoms with Crippen LogP contribution in [0.5, 0.6) is 0 Å². The van der Waals surface area contributed by atoms with Gasteiger partial charge in [-0.1, -0.05) is 18.2 Å². The van der Waals surface area contributed by atoms with Gasteiger partial charge >= 0.3 is 6.18 Å². The zero-order chi connectivity index (χ0) is 15.7. The Kier molecular flexibility index (Phi) is 3.33. The second kappa shape index (κ2) is 5.19. The first kappa shape index (κ1) is 14.1. The van der Waals surface area contributed by atoms with Gasteiger partial charge in [-0.05, 0) is 30.3 Å². The third kappa shape index (κ3) is 2.42. The summed E-state index contributed by atoms with van der Waals surface area (Å²) in [4.78, 5) is 0. The normalized spacial score (nSPS) is 11.5. The summed E-state index contributed by atoms with van der Waals surface area (Å²) in [6.07, 6.45) is -4.25. The van der Waals surface area contributed by atoms with E-state index in [1.807, 2.05) is 18.2 Å². The first-order chi connectivity index (χ1) is 10.5. The molecule has 0 aliphatic carbocycles. The molecule has 22 heavy (non-hydrogen) atoms. The first-order valence-corrected chi connectivity index (χ1v) is 6.52. The molecule has 3 rings (SSSR count). The maximum Gasteiger partial charge on any atom is 0.416 e. The summed E-state index contributed by atoms with van der Waals surface area (Å²) in [6, 6.07) is 14.1. The molecule has 1 heterocycles. The predicted octanol–water partition coefficient (Wildman–Crippen LogP) is 4.11. The van der Waals surface area contributed by atoms with E-state index in [1.54, 1.807) is 6.07 Å². The SMILES string of the molecule is N#CCc1c2ccccc2nn1-c1ccc(C(F)(F)F)cc1. The molecule has 3 aromatic rings. The molecule has 0 saturated carbocycles. The van der Waals surface area contributed by atoms with E-state index < -0.39 is 11.7 Å². The lowest BCUT2D eigenvalue weighted by atomic mass is 10.1. The van der Waals surface area contributed by atoms with E-state index in [9.17, 15) is 13.2 Å². The molecule has 0 aliphatic heterocycles. The van der Waals surface area contributed by atoms with Gasteiger partial charge in [0.15, 0.2) is 0 Å². The number of hydrogen-bond acceptors (Lipinski definition) is 2. The van der Waals surface area contributed by atoms with Gasteiger partial charge in [-0.2, -0.15) is 23.5 Å². The lowest BCUT2D eigenvalue weighted by Gasteiger charge is -2.09. The first-order valence-electron chi connectivity index (χ1n) is 6.52. The van der Waals surface area contributed by atoms with E-state index in [1.165, 1.54) is 16.8 Å². The molecule has 1 aromatic heterocycles. The Labute approximate surface area is 124 Å². The molecule has 0 bridgehead atoms. The fraction of sp³-hybridized carbons (Fsp3) is 0.125. The van der Waals surface area contributed by atoms with Crippen LogP contribution in [0.25, 0.3) is 16.6 Å². The van der Waals surface area contributed by atoms with Crippen LogP contribution in [-0.4, -0.2) is 9.78 Å². The van der Waals surface area contributed by atoms with Gasteiger partial charge in [0.1, 0.15) is 0 Å². The van der Waals surface area contributed by atoms with Crippen LogP contribution in [0.1, 0.15) is 11.3 Å². The average Bonchev–Trinajstić information content (AvgIpc) is 2.86. The molecule has 0 spiro atoms. The van der Waals surface area contributed by atoms with Gasteiger partial charge < -0.3 is 0 Å². The summed E-state index contributed by atoms with van der Waals surface area (Å²) >= 11 is 0. The molecule has 0 amide bonds. The highest BCUT2D eigenvalue weighted by Gasteiger charge is 2.30. The third-order valence-electron chi connectivity index (χ3n) is 3.36. The van der Waals surface area contributed by atoms with E-state index in [-0.39, 0.29) is 6.42 Å². The predicted molar refractivity (Wildman–Crippen MR) is 75.4 cm³/mol. The topological polar surface area (TPSA) is 41.6 Å². The number of hydrogen-bond donors (Lipinski definition) is 0. The molecule has 0 N–H and O–H groups in total. The van der Waals surface area contributed by atoms with Crippen LogP contribution < -0.4 is 0 Å². The molecule has 0 saturated heterocycles. The van der Waals surface area contributed by atoms with E-state index >= 15 is 0 Å². The van der Waals surface area contributed by atoms with Crippen LogP contribution in [0.2, 0.25) is 0 Å². The lowest BCUT2D eigenvalue weighted by molar-refractivity contribution is -0.137. The number of nitrogens with zero attached hydrogens (tertiary/aromatic N) is 3. The van der Waals surface area contributed by atoms with Crippen LogP contribution in [-0.2, 0) is 12.6 Å². The highest BCUT2D eigenvalue weighted by atomic mass is 19.4. The van der Waals surface area contributed by atoms with Gasteiger partial charge in [0, 0.05) is 5.39 Å². The maximum atomic E-state index is 12.6.